The molecule has 1 N–H and O–H groups in total. The van der Waals surface area contributed by atoms with E-state index in [9.17, 15) is 4.79 Å². The summed E-state index contributed by atoms with van der Waals surface area (Å²) in [6.07, 6.45) is 0.759. The van der Waals surface area contributed by atoms with Crippen molar-refractivity contribution >= 4 is 34.2 Å². The molecule has 0 aromatic heterocycles. The maximum atomic E-state index is 10.9. The number of hydrogen-bond acceptors (Lipinski definition) is 4. The van der Waals surface area contributed by atoms with E-state index in [0.717, 1.165) is 22.9 Å². The van der Waals surface area contributed by atoms with Crippen LogP contribution >= 0.6 is 11.8 Å². The highest BCUT2D eigenvalue weighted by Gasteiger charge is 2.29. The number of rotatable bonds is 2. The van der Waals surface area contributed by atoms with E-state index >= 15 is 0 Å². The number of aliphatic imine (C=N–C) groups is 2. The SMILES string of the molecule is Cc1ccc2c(c1)CC(C1=N[C@@H](C(=O)O)CS1)=N2. The second-order valence-electron chi connectivity index (χ2n) is 4.47. The molecular formula is C13H12N2O2S. The number of hydrogen-bond donors (Lipinski definition) is 1. The predicted octanol–water partition coefficient (Wildman–Crippen LogP) is 2.22. The second kappa shape index (κ2) is 4.24. The average Bonchev–Trinajstić information content (AvgIpc) is 2.93. The first-order chi connectivity index (χ1) is 8.63. The molecule has 3 rings (SSSR count). The van der Waals surface area contributed by atoms with Gasteiger partial charge in [-0.1, -0.05) is 17.7 Å². The first kappa shape index (κ1) is 11.5. The lowest BCUT2D eigenvalue weighted by atomic mass is 10.1. The number of carboxylic acid groups (broad SMARTS) is 1. The van der Waals surface area contributed by atoms with Crippen LogP contribution in [0.5, 0.6) is 0 Å². The summed E-state index contributed by atoms with van der Waals surface area (Å²) in [4.78, 5) is 19.6. The van der Waals surface area contributed by atoms with Gasteiger partial charge in [-0.3, -0.25) is 9.98 Å². The lowest BCUT2D eigenvalue weighted by Crippen LogP contribution is -2.17. The zero-order chi connectivity index (χ0) is 12.7. The fourth-order valence-electron chi connectivity index (χ4n) is 2.11. The van der Waals surface area contributed by atoms with Crippen LogP contribution in [0.3, 0.4) is 0 Å². The summed E-state index contributed by atoms with van der Waals surface area (Å²) in [5.41, 5.74) is 4.31. The summed E-state index contributed by atoms with van der Waals surface area (Å²) in [5.74, 6) is -0.344. The van der Waals surface area contributed by atoms with Crippen LogP contribution in [0.2, 0.25) is 0 Å². The van der Waals surface area contributed by atoms with Crippen molar-refractivity contribution in [3.05, 3.63) is 29.3 Å². The lowest BCUT2D eigenvalue weighted by molar-refractivity contribution is -0.137. The first-order valence-corrected chi connectivity index (χ1v) is 6.73. The van der Waals surface area contributed by atoms with Gasteiger partial charge in [-0.15, -0.1) is 11.8 Å². The third-order valence-corrected chi connectivity index (χ3v) is 4.13. The Morgan fingerprint density at radius 2 is 2.33 bits per heavy atom. The van der Waals surface area contributed by atoms with Crippen LogP contribution in [0.4, 0.5) is 5.69 Å². The van der Waals surface area contributed by atoms with Crippen molar-refractivity contribution in [2.24, 2.45) is 9.98 Å². The Balaban J connectivity index is 1.86. The third-order valence-electron chi connectivity index (χ3n) is 3.03. The zero-order valence-corrected chi connectivity index (χ0v) is 10.7. The highest BCUT2D eigenvalue weighted by atomic mass is 32.2. The summed E-state index contributed by atoms with van der Waals surface area (Å²) in [6.45, 7) is 2.06. The van der Waals surface area contributed by atoms with Crippen LogP contribution in [-0.2, 0) is 11.2 Å². The van der Waals surface area contributed by atoms with E-state index in [1.54, 1.807) is 0 Å². The molecule has 0 aliphatic carbocycles. The number of aliphatic carboxylic acids is 1. The number of nitrogens with zero attached hydrogens (tertiary/aromatic N) is 2. The highest BCUT2D eigenvalue weighted by Crippen LogP contribution is 2.31. The third kappa shape index (κ3) is 1.95. The van der Waals surface area contributed by atoms with Crippen LogP contribution in [0.25, 0.3) is 0 Å². The van der Waals surface area contributed by atoms with Gasteiger partial charge in [0.2, 0.25) is 0 Å². The van der Waals surface area contributed by atoms with Crippen LogP contribution in [0, 0.1) is 6.92 Å². The van der Waals surface area contributed by atoms with E-state index in [1.165, 1.54) is 22.9 Å². The van der Waals surface area contributed by atoms with Crippen molar-refractivity contribution in [2.75, 3.05) is 5.75 Å². The van der Waals surface area contributed by atoms with Gasteiger partial charge in [-0.25, -0.2) is 4.79 Å². The molecule has 0 bridgehead atoms. The Kier molecular flexibility index (Phi) is 2.70. The van der Waals surface area contributed by atoms with Crippen LogP contribution < -0.4 is 0 Å². The smallest absolute Gasteiger partial charge is 0.329 e. The van der Waals surface area contributed by atoms with Crippen molar-refractivity contribution in [1.29, 1.82) is 0 Å². The second-order valence-corrected chi connectivity index (χ2v) is 5.48. The standard InChI is InChI=1S/C13H12N2O2S/c1-7-2-3-9-8(4-7)5-10(14-9)12-15-11(6-18-12)13(16)17/h2-4,11H,5-6H2,1H3,(H,16,17)/t11-/m1/s1. The van der Waals surface area contributed by atoms with Gasteiger partial charge in [0.05, 0.1) is 11.4 Å². The Bertz CT molecular complexity index is 593. The average molecular weight is 260 g/mol. The summed E-state index contributed by atoms with van der Waals surface area (Å²) in [7, 11) is 0. The molecule has 0 saturated carbocycles. The first-order valence-electron chi connectivity index (χ1n) is 5.74. The molecule has 0 radical (unpaired) electrons. The number of benzene rings is 1. The largest absolute Gasteiger partial charge is 0.480 e. The van der Waals surface area contributed by atoms with E-state index in [0.29, 0.717) is 5.75 Å². The summed E-state index contributed by atoms with van der Waals surface area (Å²) < 4.78 is 0. The van der Waals surface area contributed by atoms with E-state index in [2.05, 4.69) is 23.0 Å². The minimum absolute atomic E-state index is 0.513. The molecule has 4 nitrogen and oxygen atoms in total. The highest BCUT2D eigenvalue weighted by molar-refractivity contribution is 8.16. The molecule has 0 unspecified atom stereocenters. The van der Waals surface area contributed by atoms with Crippen molar-refractivity contribution in [2.45, 2.75) is 19.4 Å². The molecule has 0 fully saturated rings. The minimum atomic E-state index is -0.857. The van der Waals surface area contributed by atoms with Gasteiger partial charge in [-0.05, 0) is 18.6 Å². The van der Waals surface area contributed by atoms with Crippen molar-refractivity contribution in [3.8, 4) is 0 Å². The fourth-order valence-corrected chi connectivity index (χ4v) is 3.13. The Hall–Kier alpha value is -1.62. The van der Waals surface area contributed by atoms with Crippen LogP contribution in [-0.4, -0.2) is 33.6 Å². The quantitative estimate of drug-likeness (QED) is 0.887. The fraction of sp³-hybridized carbons (Fsp3) is 0.308. The maximum absolute atomic E-state index is 10.9. The van der Waals surface area contributed by atoms with E-state index < -0.39 is 12.0 Å². The normalized spacial score (nSPS) is 21.5. The lowest BCUT2D eigenvalue weighted by Gasteiger charge is -1.98. The van der Waals surface area contributed by atoms with E-state index in [1.807, 2.05) is 12.1 Å². The predicted molar refractivity (Wildman–Crippen MR) is 73.3 cm³/mol. The Morgan fingerprint density at radius 1 is 1.50 bits per heavy atom. The Morgan fingerprint density at radius 3 is 3.06 bits per heavy atom. The zero-order valence-electron chi connectivity index (χ0n) is 9.88. The van der Waals surface area contributed by atoms with Gasteiger partial charge in [0.25, 0.3) is 0 Å². The molecule has 0 amide bonds. The summed E-state index contributed by atoms with van der Waals surface area (Å²) in [5, 5.41) is 9.71. The van der Waals surface area contributed by atoms with Crippen LogP contribution in [0.15, 0.2) is 28.2 Å². The minimum Gasteiger partial charge on any atom is -0.480 e. The number of fused-ring (bicyclic) bond motifs is 1. The van der Waals surface area contributed by atoms with Gasteiger partial charge in [-0.2, -0.15) is 0 Å². The number of carbonyl (C=O) groups is 1. The van der Waals surface area contributed by atoms with Crippen molar-refractivity contribution in [1.82, 2.24) is 0 Å². The molecule has 92 valence electrons. The number of thioether (sulfide) groups is 1. The number of aryl methyl sites for hydroxylation is 1. The van der Waals surface area contributed by atoms with Crippen LogP contribution in [0.1, 0.15) is 11.1 Å². The summed E-state index contributed by atoms with van der Waals surface area (Å²) in [6, 6.07) is 5.56. The summed E-state index contributed by atoms with van der Waals surface area (Å²) >= 11 is 1.49. The molecule has 2 heterocycles. The topological polar surface area (TPSA) is 62.0 Å². The number of carboxylic acids is 1. The van der Waals surface area contributed by atoms with Gasteiger partial charge >= 0.3 is 5.97 Å². The molecule has 2 aliphatic rings. The van der Waals surface area contributed by atoms with Gasteiger partial charge < -0.3 is 5.11 Å². The molecule has 0 spiro atoms. The van der Waals surface area contributed by atoms with Gasteiger partial charge in [0.1, 0.15) is 5.04 Å². The van der Waals surface area contributed by atoms with E-state index in [4.69, 9.17) is 5.11 Å². The Labute approximate surface area is 109 Å². The van der Waals surface area contributed by atoms with Crippen molar-refractivity contribution < 1.29 is 9.90 Å². The molecule has 2 aliphatic heterocycles. The molecular weight excluding hydrogens is 248 g/mol. The monoisotopic (exact) mass is 260 g/mol. The van der Waals surface area contributed by atoms with Gasteiger partial charge in [0.15, 0.2) is 6.04 Å². The maximum Gasteiger partial charge on any atom is 0.329 e. The van der Waals surface area contributed by atoms with Crippen molar-refractivity contribution in [3.63, 3.8) is 0 Å². The molecule has 5 heteroatoms. The van der Waals surface area contributed by atoms with Gasteiger partial charge in [0, 0.05) is 12.2 Å². The molecule has 0 saturated heterocycles. The van der Waals surface area contributed by atoms with E-state index in [-0.39, 0.29) is 0 Å². The molecule has 1 aromatic rings. The molecule has 1 atom stereocenters. The molecule has 18 heavy (non-hydrogen) atoms. The molecule has 1 aromatic carbocycles.